The normalized spacial score (nSPS) is 9.00. The summed E-state index contributed by atoms with van der Waals surface area (Å²) >= 11 is 0. The van der Waals surface area contributed by atoms with E-state index in [2.05, 4.69) is 11.8 Å². The lowest BCUT2D eigenvalue weighted by Crippen LogP contribution is -1.69. The molecule has 0 fully saturated rings. The summed E-state index contributed by atoms with van der Waals surface area (Å²) in [5.41, 5.74) is 0.952. The van der Waals surface area contributed by atoms with Crippen LogP contribution in [0, 0.1) is 11.8 Å². The lowest BCUT2D eigenvalue weighted by Gasteiger charge is -1.83. The molecule has 0 heterocycles. The Morgan fingerprint density at radius 1 is 1.17 bits per heavy atom. The summed E-state index contributed by atoms with van der Waals surface area (Å²) < 4.78 is 0. The first-order chi connectivity index (χ1) is 5.93. The van der Waals surface area contributed by atoms with Crippen molar-refractivity contribution in [3.8, 4) is 11.8 Å². The van der Waals surface area contributed by atoms with E-state index < -0.39 is 0 Å². The fourth-order valence-electron chi connectivity index (χ4n) is 0.734. The van der Waals surface area contributed by atoms with Crippen LogP contribution < -0.4 is 0 Å². The Morgan fingerprint density at radius 2 is 1.92 bits per heavy atom. The number of benzene rings is 1. The summed E-state index contributed by atoms with van der Waals surface area (Å²) in [7, 11) is 0. The molecule has 12 heavy (non-hydrogen) atoms. The Bertz CT molecular complexity index is 325. The minimum absolute atomic E-state index is 0.708. The minimum Gasteiger partial charge on any atom is -0.299 e. The summed E-state index contributed by atoms with van der Waals surface area (Å²) in [4.78, 5) is 9.86. The highest BCUT2D eigenvalue weighted by molar-refractivity contribution is 5.65. The summed E-state index contributed by atoms with van der Waals surface area (Å²) in [6.45, 7) is 0. The van der Waals surface area contributed by atoms with Crippen LogP contribution in [-0.4, -0.2) is 6.29 Å². The topological polar surface area (TPSA) is 17.1 Å². The second-order valence-electron chi connectivity index (χ2n) is 2.13. The Labute approximate surface area is 71.7 Å². The molecular weight excluding hydrogens is 148 g/mol. The molecule has 0 amide bonds. The van der Waals surface area contributed by atoms with Crippen LogP contribution in [0.3, 0.4) is 0 Å². The number of hydrogen-bond acceptors (Lipinski definition) is 1. The third kappa shape index (κ3) is 2.85. The van der Waals surface area contributed by atoms with Crippen molar-refractivity contribution in [2.45, 2.75) is 0 Å². The number of rotatable bonds is 1. The SMILES string of the molecule is O=C/C=C\C#Cc1ccccc1. The van der Waals surface area contributed by atoms with Crippen molar-refractivity contribution in [3.05, 3.63) is 48.0 Å². The van der Waals surface area contributed by atoms with E-state index in [9.17, 15) is 4.79 Å². The predicted octanol–water partition coefficient (Wildman–Crippen LogP) is 1.79. The van der Waals surface area contributed by atoms with E-state index in [-0.39, 0.29) is 0 Å². The van der Waals surface area contributed by atoms with Crippen molar-refractivity contribution in [1.29, 1.82) is 0 Å². The van der Waals surface area contributed by atoms with Gasteiger partial charge in [0.2, 0.25) is 0 Å². The zero-order chi connectivity index (χ0) is 8.65. The van der Waals surface area contributed by atoms with Crippen molar-refractivity contribution in [2.24, 2.45) is 0 Å². The number of carbonyl (C=O) groups is 1. The van der Waals surface area contributed by atoms with E-state index in [1.807, 2.05) is 30.3 Å². The fraction of sp³-hybridized carbons (Fsp3) is 0. The number of hydrogen-bond donors (Lipinski definition) is 0. The first-order valence-corrected chi connectivity index (χ1v) is 3.60. The summed E-state index contributed by atoms with van der Waals surface area (Å²) in [6.07, 6.45) is 3.61. The smallest absolute Gasteiger partial charge is 0.143 e. The Morgan fingerprint density at radius 3 is 2.58 bits per heavy atom. The fourth-order valence-corrected chi connectivity index (χ4v) is 0.734. The van der Waals surface area contributed by atoms with Crippen molar-refractivity contribution >= 4 is 6.29 Å². The van der Waals surface area contributed by atoms with Crippen molar-refractivity contribution < 1.29 is 4.79 Å². The lowest BCUT2D eigenvalue weighted by atomic mass is 10.2. The molecule has 1 rings (SSSR count). The van der Waals surface area contributed by atoms with Crippen molar-refractivity contribution in [3.63, 3.8) is 0 Å². The van der Waals surface area contributed by atoms with Gasteiger partial charge in [-0.25, -0.2) is 0 Å². The van der Waals surface area contributed by atoms with Gasteiger partial charge in [0.05, 0.1) is 0 Å². The van der Waals surface area contributed by atoms with Gasteiger partial charge in [-0.3, -0.25) is 4.79 Å². The van der Waals surface area contributed by atoms with Gasteiger partial charge in [-0.2, -0.15) is 0 Å². The molecule has 0 N–H and O–H groups in total. The minimum atomic E-state index is 0.708. The van der Waals surface area contributed by atoms with Gasteiger partial charge in [0.1, 0.15) is 6.29 Å². The number of allylic oxidation sites excluding steroid dienone is 2. The van der Waals surface area contributed by atoms with E-state index in [0.717, 1.165) is 5.56 Å². The van der Waals surface area contributed by atoms with Crippen LogP contribution in [0.15, 0.2) is 42.5 Å². The van der Waals surface area contributed by atoms with Crippen LogP contribution in [0.25, 0.3) is 0 Å². The molecule has 0 saturated heterocycles. The van der Waals surface area contributed by atoms with E-state index in [0.29, 0.717) is 6.29 Å². The van der Waals surface area contributed by atoms with Crippen LogP contribution in [0.2, 0.25) is 0 Å². The standard InChI is InChI=1S/C11H8O/c12-10-6-2-5-9-11-7-3-1-4-8-11/h1-4,6-8,10H/b6-2-. The van der Waals surface area contributed by atoms with Gasteiger partial charge >= 0.3 is 0 Å². The quantitative estimate of drug-likeness (QED) is 0.344. The molecule has 0 bridgehead atoms. The molecule has 0 spiro atoms. The third-order valence-corrected chi connectivity index (χ3v) is 1.25. The Balaban J connectivity index is 2.67. The molecule has 1 aromatic rings. The predicted molar refractivity (Wildman–Crippen MR) is 48.5 cm³/mol. The summed E-state index contributed by atoms with van der Waals surface area (Å²) in [5, 5.41) is 0. The second kappa shape index (κ2) is 4.92. The molecule has 1 aromatic carbocycles. The van der Waals surface area contributed by atoms with Crippen LogP contribution in [0.1, 0.15) is 5.56 Å². The van der Waals surface area contributed by atoms with Crippen molar-refractivity contribution in [2.75, 3.05) is 0 Å². The second-order valence-corrected chi connectivity index (χ2v) is 2.13. The molecule has 1 heteroatoms. The van der Waals surface area contributed by atoms with Crippen LogP contribution in [-0.2, 0) is 4.79 Å². The molecule has 0 unspecified atom stereocenters. The van der Waals surface area contributed by atoms with E-state index >= 15 is 0 Å². The maximum Gasteiger partial charge on any atom is 0.143 e. The van der Waals surface area contributed by atoms with Gasteiger partial charge in [-0.05, 0) is 24.3 Å². The van der Waals surface area contributed by atoms with Gasteiger partial charge in [-0.1, -0.05) is 30.0 Å². The first-order valence-electron chi connectivity index (χ1n) is 3.60. The van der Waals surface area contributed by atoms with Crippen molar-refractivity contribution in [1.82, 2.24) is 0 Å². The Hall–Kier alpha value is -1.81. The van der Waals surface area contributed by atoms with E-state index in [1.165, 1.54) is 12.2 Å². The first kappa shape index (κ1) is 8.29. The highest BCUT2D eigenvalue weighted by Gasteiger charge is 1.78. The molecule has 1 nitrogen and oxygen atoms in total. The third-order valence-electron chi connectivity index (χ3n) is 1.25. The van der Waals surface area contributed by atoms with Gasteiger partial charge < -0.3 is 0 Å². The molecule has 0 saturated carbocycles. The van der Waals surface area contributed by atoms with Gasteiger partial charge in [0.25, 0.3) is 0 Å². The van der Waals surface area contributed by atoms with Crippen LogP contribution in [0.5, 0.6) is 0 Å². The maximum absolute atomic E-state index is 9.86. The van der Waals surface area contributed by atoms with E-state index in [1.54, 1.807) is 0 Å². The molecule has 0 aliphatic heterocycles. The lowest BCUT2D eigenvalue weighted by molar-refractivity contribution is -0.104. The van der Waals surface area contributed by atoms with E-state index in [4.69, 9.17) is 0 Å². The molecule has 0 aliphatic carbocycles. The maximum atomic E-state index is 9.86. The number of carbonyl (C=O) groups excluding carboxylic acids is 1. The highest BCUT2D eigenvalue weighted by atomic mass is 16.1. The monoisotopic (exact) mass is 156 g/mol. The van der Waals surface area contributed by atoms with Crippen LogP contribution in [0.4, 0.5) is 0 Å². The molecule has 0 aromatic heterocycles. The van der Waals surface area contributed by atoms with Gasteiger partial charge in [0, 0.05) is 5.56 Å². The molecular formula is C11H8O. The molecule has 0 radical (unpaired) electrons. The zero-order valence-corrected chi connectivity index (χ0v) is 6.53. The average Bonchev–Trinajstić information content (AvgIpc) is 2.14. The van der Waals surface area contributed by atoms with Gasteiger partial charge in [-0.15, -0.1) is 0 Å². The molecule has 0 atom stereocenters. The average molecular weight is 156 g/mol. The summed E-state index contributed by atoms with van der Waals surface area (Å²) in [6, 6.07) is 9.62. The highest BCUT2D eigenvalue weighted by Crippen LogP contribution is 1.94. The zero-order valence-electron chi connectivity index (χ0n) is 6.53. The largest absolute Gasteiger partial charge is 0.299 e. The van der Waals surface area contributed by atoms with Crippen LogP contribution >= 0.6 is 0 Å². The summed E-state index contributed by atoms with van der Waals surface area (Å²) in [5.74, 6) is 5.62. The Kier molecular flexibility index (Phi) is 3.40. The molecule has 58 valence electrons. The van der Waals surface area contributed by atoms with Gasteiger partial charge in [0.15, 0.2) is 0 Å². The number of aldehydes is 1. The molecule has 0 aliphatic rings.